The van der Waals surface area contributed by atoms with Crippen molar-refractivity contribution in [3.8, 4) is 0 Å². The molecular formula is C28H27NO3S. The lowest BCUT2D eigenvalue weighted by atomic mass is 9.96. The smallest absolute Gasteiger partial charge is 0.312 e. The molecule has 3 aromatic carbocycles. The molecule has 4 nitrogen and oxygen atoms in total. The fraction of sp³-hybridized carbons (Fsp3) is 0.250. The van der Waals surface area contributed by atoms with E-state index in [4.69, 9.17) is 4.84 Å². The Kier molecular flexibility index (Phi) is 8.09. The van der Waals surface area contributed by atoms with Crippen molar-refractivity contribution >= 4 is 29.2 Å². The summed E-state index contributed by atoms with van der Waals surface area (Å²) in [6.45, 7) is 0. The quantitative estimate of drug-likeness (QED) is 0.147. The predicted octanol–water partition coefficient (Wildman–Crippen LogP) is 7.20. The van der Waals surface area contributed by atoms with Crippen molar-refractivity contribution in [2.75, 3.05) is 0 Å². The number of nitrogens with zero attached hydrogens (tertiary/aromatic N) is 1. The summed E-state index contributed by atoms with van der Waals surface area (Å²) in [5.41, 5.74) is 1.26. The van der Waals surface area contributed by atoms with Gasteiger partial charge in [0.25, 0.3) is 0 Å². The number of hydrogen-bond acceptors (Lipinski definition) is 5. The van der Waals surface area contributed by atoms with Crippen molar-refractivity contribution < 1.29 is 14.4 Å². The van der Waals surface area contributed by atoms with Crippen LogP contribution >= 0.6 is 11.8 Å². The Morgan fingerprint density at radius 1 is 0.788 bits per heavy atom. The normalized spacial score (nSPS) is 14.2. The molecule has 0 bridgehead atoms. The number of carbonyl (C=O) groups is 2. The largest absolute Gasteiger partial charge is 0.365 e. The summed E-state index contributed by atoms with van der Waals surface area (Å²) in [5, 5.41) is 4.04. The van der Waals surface area contributed by atoms with Gasteiger partial charge in [-0.3, -0.25) is 4.79 Å². The van der Waals surface area contributed by atoms with Crippen molar-refractivity contribution in [2.45, 2.75) is 48.3 Å². The van der Waals surface area contributed by atoms with E-state index in [0.29, 0.717) is 29.2 Å². The third-order valence-corrected chi connectivity index (χ3v) is 6.89. The first kappa shape index (κ1) is 23.0. The van der Waals surface area contributed by atoms with Crippen molar-refractivity contribution in [1.82, 2.24) is 0 Å². The van der Waals surface area contributed by atoms with Gasteiger partial charge in [-0.25, -0.2) is 4.79 Å². The average molecular weight is 458 g/mol. The number of carbonyl (C=O) groups excluding carboxylic acids is 2. The van der Waals surface area contributed by atoms with Crippen molar-refractivity contribution in [1.29, 1.82) is 0 Å². The molecule has 0 N–H and O–H groups in total. The molecule has 1 saturated carbocycles. The van der Waals surface area contributed by atoms with E-state index in [2.05, 4.69) is 17.3 Å². The molecule has 0 spiro atoms. The van der Waals surface area contributed by atoms with Crippen molar-refractivity contribution in [2.24, 2.45) is 11.1 Å². The highest BCUT2D eigenvalue weighted by Crippen LogP contribution is 2.30. The van der Waals surface area contributed by atoms with Crippen LogP contribution in [0.1, 0.15) is 59.2 Å². The van der Waals surface area contributed by atoms with Gasteiger partial charge < -0.3 is 4.84 Å². The van der Waals surface area contributed by atoms with E-state index >= 15 is 0 Å². The van der Waals surface area contributed by atoms with E-state index in [1.54, 1.807) is 36.0 Å². The number of hydrogen-bond donors (Lipinski definition) is 0. The van der Waals surface area contributed by atoms with Crippen LogP contribution in [0.3, 0.4) is 0 Å². The van der Waals surface area contributed by atoms with Gasteiger partial charge in [0.15, 0.2) is 0 Å². The summed E-state index contributed by atoms with van der Waals surface area (Å²) < 4.78 is 0. The van der Waals surface area contributed by atoms with Crippen LogP contribution in [-0.4, -0.2) is 17.5 Å². The first-order valence-electron chi connectivity index (χ1n) is 11.4. The monoisotopic (exact) mass is 457 g/mol. The molecule has 1 aliphatic rings. The zero-order valence-corrected chi connectivity index (χ0v) is 19.3. The first-order valence-corrected chi connectivity index (χ1v) is 12.2. The van der Waals surface area contributed by atoms with Crippen LogP contribution in [0.15, 0.2) is 99.9 Å². The number of benzene rings is 3. The molecule has 1 fully saturated rings. The summed E-state index contributed by atoms with van der Waals surface area (Å²) in [5.74, 6) is -0.140. The van der Waals surface area contributed by atoms with Crippen molar-refractivity contribution in [3.05, 3.63) is 96.1 Å². The standard InChI is InChI=1S/C28H27NO3S/c30-27(22-16-18-25(19-17-22)33-24-13-5-2-6-14-24)26(20-15-21-9-7-8-10-21)29-32-28(31)23-11-3-1-4-12-23/h1-6,11-14,16-19,21H,7-10,15,20H2/b29-26-. The van der Waals surface area contributed by atoms with Crippen LogP contribution in [0.4, 0.5) is 0 Å². The zero-order valence-electron chi connectivity index (χ0n) is 18.5. The molecule has 0 atom stereocenters. The molecule has 168 valence electrons. The number of rotatable bonds is 9. The third kappa shape index (κ3) is 6.65. The molecule has 0 heterocycles. The molecule has 4 rings (SSSR count). The Balaban J connectivity index is 1.47. The molecule has 33 heavy (non-hydrogen) atoms. The minimum absolute atomic E-state index is 0.190. The van der Waals surface area contributed by atoms with Gasteiger partial charge in [0.05, 0.1) is 5.56 Å². The molecule has 0 aromatic heterocycles. The summed E-state index contributed by atoms with van der Waals surface area (Å²) >= 11 is 1.64. The van der Waals surface area contributed by atoms with Gasteiger partial charge in [-0.1, -0.05) is 79.0 Å². The van der Waals surface area contributed by atoms with Crippen LogP contribution < -0.4 is 0 Å². The highest BCUT2D eigenvalue weighted by atomic mass is 32.2. The van der Waals surface area contributed by atoms with Gasteiger partial charge in [0.2, 0.25) is 5.78 Å². The second-order valence-electron chi connectivity index (χ2n) is 8.24. The maximum absolute atomic E-state index is 13.2. The van der Waals surface area contributed by atoms with Crippen LogP contribution in [0, 0.1) is 5.92 Å². The molecule has 0 saturated heterocycles. The van der Waals surface area contributed by atoms with Gasteiger partial charge in [-0.2, -0.15) is 0 Å². The molecule has 0 aliphatic heterocycles. The predicted molar refractivity (Wildman–Crippen MR) is 132 cm³/mol. The Hall–Kier alpha value is -3.18. The van der Waals surface area contributed by atoms with Gasteiger partial charge in [0.1, 0.15) is 5.71 Å². The summed E-state index contributed by atoms with van der Waals surface area (Å²) in [7, 11) is 0. The number of ketones is 1. The minimum Gasteiger partial charge on any atom is -0.312 e. The third-order valence-electron chi connectivity index (χ3n) is 5.87. The van der Waals surface area contributed by atoms with Crippen molar-refractivity contribution in [3.63, 3.8) is 0 Å². The molecule has 5 heteroatoms. The van der Waals surface area contributed by atoms with Crippen LogP contribution in [0.25, 0.3) is 0 Å². The zero-order chi connectivity index (χ0) is 22.9. The highest BCUT2D eigenvalue weighted by Gasteiger charge is 2.21. The Morgan fingerprint density at radius 2 is 1.39 bits per heavy atom. The minimum atomic E-state index is -0.559. The van der Waals surface area contributed by atoms with Gasteiger partial charge in [-0.05, 0) is 67.3 Å². The van der Waals surface area contributed by atoms with Gasteiger partial charge in [-0.15, -0.1) is 0 Å². The number of Topliss-reactive ketones (excluding diaryl/α,β-unsaturated/α-hetero) is 1. The SMILES string of the molecule is O=C(O/N=C(/CCC1CCCC1)C(=O)c1ccc(Sc2ccccc2)cc1)c1ccccc1. The maximum Gasteiger partial charge on any atom is 0.365 e. The molecular weight excluding hydrogens is 430 g/mol. The molecule has 1 aliphatic carbocycles. The fourth-order valence-corrected chi connectivity index (χ4v) is 4.87. The molecule has 3 aromatic rings. The van der Waals surface area contributed by atoms with E-state index in [1.807, 2.05) is 48.5 Å². The van der Waals surface area contributed by atoms with Crippen LogP contribution in [-0.2, 0) is 4.84 Å². The Morgan fingerprint density at radius 3 is 2.06 bits per heavy atom. The maximum atomic E-state index is 13.2. The second kappa shape index (κ2) is 11.6. The highest BCUT2D eigenvalue weighted by molar-refractivity contribution is 7.99. The van der Waals surface area contributed by atoms with E-state index in [0.717, 1.165) is 16.2 Å². The second-order valence-corrected chi connectivity index (χ2v) is 9.39. The van der Waals surface area contributed by atoms with Gasteiger partial charge in [0, 0.05) is 15.4 Å². The summed E-state index contributed by atoms with van der Waals surface area (Å²) in [4.78, 5) is 33.0. The van der Waals surface area contributed by atoms with Gasteiger partial charge >= 0.3 is 5.97 Å². The molecule has 0 unspecified atom stereocenters. The Bertz CT molecular complexity index is 1090. The number of oxime groups is 1. The first-order chi connectivity index (χ1) is 16.2. The lowest BCUT2D eigenvalue weighted by molar-refractivity contribution is 0.0514. The van der Waals surface area contributed by atoms with E-state index in [-0.39, 0.29) is 5.78 Å². The topological polar surface area (TPSA) is 55.7 Å². The lowest BCUT2D eigenvalue weighted by Gasteiger charge is -2.10. The molecule has 0 amide bonds. The summed E-state index contributed by atoms with van der Waals surface area (Å²) in [6.07, 6.45) is 6.26. The Labute approximate surface area is 199 Å². The average Bonchev–Trinajstić information content (AvgIpc) is 3.39. The fourth-order valence-electron chi connectivity index (χ4n) is 4.03. The van der Waals surface area contributed by atoms with E-state index in [1.165, 1.54) is 25.7 Å². The van der Waals surface area contributed by atoms with Crippen LogP contribution in [0.5, 0.6) is 0 Å². The van der Waals surface area contributed by atoms with Crippen LogP contribution in [0.2, 0.25) is 0 Å². The van der Waals surface area contributed by atoms with E-state index < -0.39 is 5.97 Å². The molecule has 0 radical (unpaired) electrons. The summed E-state index contributed by atoms with van der Waals surface area (Å²) in [6, 6.07) is 26.3. The van der Waals surface area contributed by atoms with E-state index in [9.17, 15) is 9.59 Å². The lowest BCUT2D eigenvalue weighted by Crippen LogP contribution is -2.17.